The van der Waals surface area contributed by atoms with Gasteiger partial charge in [0.15, 0.2) is 5.03 Å². The molecule has 2 bridgehead atoms. The minimum Gasteiger partial charge on any atom is -0.404 e. The first kappa shape index (κ1) is 33.2. The number of halogens is 1. The van der Waals surface area contributed by atoms with E-state index in [0.717, 1.165) is 18.4 Å². The molecule has 1 amide bonds. The zero-order valence-electron chi connectivity index (χ0n) is 25.8. The summed E-state index contributed by atoms with van der Waals surface area (Å²) in [6, 6.07) is 7.11. The van der Waals surface area contributed by atoms with Gasteiger partial charge in [0.05, 0.1) is 17.6 Å². The lowest BCUT2D eigenvalue weighted by molar-refractivity contribution is -0.525. The van der Waals surface area contributed by atoms with E-state index in [1.54, 1.807) is 23.6 Å². The summed E-state index contributed by atoms with van der Waals surface area (Å²) in [5.41, 5.74) is 7.92. The Hall–Kier alpha value is -2.70. The Morgan fingerprint density at radius 2 is 2.02 bits per heavy atom. The molecule has 236 valence electrons. The average Bonchev–Trinajstić information content (AvgIpc) is 3.26. The number of Topliss-reactive ketones (excluding diaryl/α,β-unsaturated/α-hetero) is 1. The number of ketones is 1. The zero-order chi connectivity index (χ0) is 31.5. The highest BCUT2D eigenvalue weighted by molar-refractivity contribution is 6.47. The summed E-state index contributed by atoms with van der Waals surface area (Å²) in [7, 11) is -0.572. The number of carbonyl (C=O) groups excluding carboxylic acids is 2. The maximum absolute atomic E-state index is 13.8. The molecule has 1 aromatic carbocycles. The lowest BCUT2D eigenvalue weighted by Gasteiger charge is -2.64. The van der Waals surface area contributed by atoms with Crippen molar-refractivity contribution in [3.05, 3.63) is 45.0 Å². The number of rotatable bonds is 14. The van der Waals surface area contributed by atoms with Crippen LogP contribution in [0.4, 0.5) is 0 Å². The van der Waals surface area contributed by atoms with E-state index in [1.807, 2.05) is 6.07 Å². The molecule has 3 saturated carbocycles. The highest BCUT2D eigenvalue weighted by atomic mass is 35.5. The number of nitrogens with one attached hydrogen (secondary N) is 2. The molecule has 13 heteroatoms. The third kappa shape index (κ3) is 7.88. The van der Waals surface area contributed by atoms with E-state index in [0.29, 0.717) is 36.1 Å². The van der Waals surface area contributed by atoms with Crippen molar-refractivity contribution in [1.29, 1.82) is 0 Å². The first-order valence-corrected chi connectivity index (χ1v) is 15.7. The second-order valence-corrected chi connectivity index (χ2v) is 14.0. The second-order valence-electron chi connectivity index (χ2n) is 13.6. The molecular formula is C30H45BClN5O6. The maximum atomic E-state index is 13.8. The predicted molar refractivity (Wildman–Crippen MR) is 166 cm³/mol. The van der Waals surface area contributed by atoms with Crippen molar-refractivity contribution < 1.29 is 23.9 Å². The van der Waals surface area contributed by atoms with Crippen LogP contribution < -0.4 is 16.5 Å². The summed E-state index contributed by atoms with van der Waals surface area (Å²) in [5, 5.41) is 13.5. The maximum Gasteiger partial charge on any atom is 0.481 e. The lowest BCUT2D eigenvalue weighted by Crippen LogP contribution is -2.65. The molecule has 1 saturated heterocycles. The molecular weight excluding hydrogens is 573 g/mol. The number of nitrogens with zero attached hydrogens (tertiary/aromatic N) is 2. The largest absolute Gasteiger partial charge is 0.481 e. The van der Waals surface area contributed by atoms with Crippen LogP contribution in [0.1, 0.15) is 78.7 Å². The molecule has 0 radical (unpaired) electrons. The van der Waals surface area contributed by atoms with Crippen LogP contribution >= 0.6 is 11.6 Å². The van der Waals surface area contributed by atoms with Crippen molar-refractivity contribution in [2.45, 2.75) is 97.2 Å². The smallest absolute Gasteiger partial charge is 0.404 e. The van der Waals surface area contributed by atoms with Gasteiger partial charge in [0, 0.05) is 30.3 Å². The molecule has 6 atom stereocenters. The van der Waals surface area contributed by atoms with E-state index in [1.165, 1.54) is 0 Å². The van der Waals surface area contributed by atoms with Crippen LogP contribution in [-0.4, -0.2) is 54.0 Å². The van der Waals surface area contributed by atoms with Gasteiger partial charge in [-0.25, -0.2) is 15.1 Å². The van der Waals surface area contributed by atoms with E-state index in [2.05, 4.69) is 44.9 Å². The van der Waals surface area contributed by atoms with Crippen molar-refractivity contribution in [2.24, 2.45) is 39.8 Å². The number of benzene rings is 1. The van der Waals surface area contributed by atoms with Crippen molar-refractivity contribution in [2.75, 3.05) is 6.54 Å². The van der Waals surface area contributed by atoms with E-state index in [-0.39, 0.29) is 60.4 Å². The fraction of sp³-hybridized carbons (Fsp3) is 0.700. The minimum absolute atomic E-state index is 0.00740. The summed E-state index contributed by atoms with van der Waals surface area (Å²) in [6.07, 6.45) is 3.69. The number of hydrogen-bond donors (Lipinski definition) is 3. The van der Waals surface area contributed by atoms with Crippen LogP contribution in [0.5, 0.6) is 0 Å². The van der Waals surface area contributed by atoms with E-state index in [9.17, 15) is 19.7 Å². The van der Waals surface area contributed by atoms with Crippen molar-refractivity contribution in [3.8, 4) is 0 Å². The van der Waals surface area contributed by atoms with Crippen LogP contribution in [0.15, 0.2) is 29.3 Å². The third-order valence-electron chi connectivity index (χ3n) is 9.68. The first-order valence-electron chi connectivity index (χ1n) is 15.3. The molecule has 0 aromatic heterocycles. The van der Waals surface area contributed by atoms with Gasteiger partial charge in [-0.3, -0.25) is 9.59 Å². The zero-order valence-corrected chi connectivity index (χ0v) is 26.6. The molecule has 4 aliphatic rings. The fourth-order valence-electron chi connectivity index (χ4n) is 7.33. The molecule has 3 aliphatic carbocycles. The summed E-state index contributed by atoms with van der Waals surface area (Å²) >= 11 is 6.10. The summed E-state index contributed by atoms with van der Waals surface area (Å²) < 4.78 is 13.2. The Kier molecular flexibility index (Phi) is 10.4. The fourth-order valence-corrected chi connectivity index (χ4v) is 7.54. The summed E-state index contributed by atoms with van der Waals surface area (Å²) in [6.45, 7) is 11.1. The van der Waals surface area contributed by atoms with Gasteiger partial charge in [-0.2, -0.15) is 0 Å². The number of hydrazine groups is 1. The van der Waals surface area contributed by atoms with Crippen molar-refractivity contribution in [1.82, 2.24) is 10.7 Å². The third-order valence-corrected chi connectivity index (χ3v) is 9.92. The highest BCUT2D eigenvalue weighted by Crippen LogP contribution is 2.65. The molecule has 0 unspecified atom stereocenters. The number of aliphatic imine (C=N–C) groups is 1. The van der Waals surface area contributed by atoms with Gasteiger partial charge in [-0.05, 0) is 79.9 Å². The number of nitro groups is 1. The first-order chi connectivity index (χ1) is 20.2. The van der Waals surface area contributed by atoms with Gasteiger partial charge < -0.3 is 20.4 Å². The molecule has 1 aliphatic heterocycles. The summed E-state index contributed by atoms with van der Waals surface area (Å²) in [5.74, 6) is -0.371. The van der Waals surface area contributed by atoms with Gasteiger partial charge in [0.2, 0.25) is 5.91 Å². The van der Waals surface area contributed by atoms with Crippen LogP contribution in [0.25, 0.3) is 0 Å². The molecule has 4 fully saturated rings. The molecule has 5 rings (SSSR count). The van der Waals surface area contributed by atoms with Crippen LogP contribution in [0, 0.1) is 39.2 Å². The monoisotopic (exact) mass is 617 g/mol. The highest BCUT2D eigenvalue weighted by Gasteiger charge is 2.68. The molecule has 1 aromatic rings. The van der Waals surface area contributed by atoms with E-state index >= 15 is 0 Å². The van der Waals surface area contributed by atoms with Gasteiger partial charge in [0.25, 0.3) is 5.96 Å². The quantitative estimate of drug-likeness (QED) is 0.0702. The van der Waals surface area contributed by atoms with Crippen LogP contribution in [0.3, 0.4) is 0 Å². The van der Waals surface area contributed by atoms with Crippen LogP contribution in [0.2, 0.25) is 5.02 Å². The Labute approximate surface area is 259 Å². The molecule has 1 heterocycles. The van der Waals surface area contributed by atoms with Gasteiger partial charge >= 0.3 is 7.12 Å². The number of carbonyl (C=O) groups is 2. The Morgan fingerprint density at radius 1 is 1.28 bits per heavy atom. The number of hydrogen-bond acceptors (Lipinski definition) is 7. The van der Waals surface area contributed by atoms with Crippen LogP contribution in [-0.2, 0) is 25.3 Å². The number of guanidine groups is 1. The van der Waals surface area contributed by atoms with Gasteiger partial charge in [-0.15, -0.1) is 0 Å². The normalized spacial score (nSPS) is 27.2. The lowest BCUT2D eigenvalue weighted by atomic mass is 9.43. The minimum atomic E-state index is -0.785. The Bertz CT molecular complexity index is 1230. The number of amides is 1. The SMILES string of the molecule is CC(C)C[C@H](NC(=O)[C@H](CCCN=C(N)N[N+](=O)[O-])CC(=O)Cc1cccc(Cl)c1)B1O[C@@H]2C[C@H]3C[C@H](C3(C)C)[C@]2(C)O1. The van der Waals surface area contributed by atoms with E-state index in [4.69, 9.17) is 26.6 Å². The van der Waals surface area contributed by atoms with Gasteiger partial charge in [-0.1, -0.05) is 56.9 Å². The average molecular weight is 618 g/mol. The van der Waals surface area contributed by atoms with E-state index < -0.39 is 23.7 Å². The topological polar surface area (TPSA) is 158 Å². The van der Waals surface area contributed by atoms with Crippen molar-refractivity contribution in [3.63, 3.8) is 0 Å². The number of nitrogens with two attached hydrogens (primary N) is 1. The van der Waals surface area contributed by atoms with Gasteiger partial charge in [0.1, 0.15) is 5.78 Å². The molecule has 0 spiro atoms. The summed E-state index contributed by atoms with van der Waals surface area (Å²) in [4.78, 5) is 41.5. The predicted octanol–water partition coefficient (Wildman–Crippen LogP) is 4.13. The molecule has 11 nitrogen and oxygen atoms in total. The Morgan fingerprint density at radius 3 is 2.67 bits per heavy atom. The standard InChI is InChI=1S/C30H45BClN5O6/c1-18(2)12-26(31-42-25-17-21-16-24(29(21,3)4)30(25,5)43-31)35-27(39)20(9-7-11-34-28(33)36-37(40)41)15-23(38)14-19-8-6-10-22(32)13-19/h6,8,10,13,18,20-21,24-26H,7,9,11-12,14-17H2,1-5H3,(H,35,39)(H3,33,34,36)/t20-,21-,24-,25-,26+,30+/m1/s1. The Balaban J connectivity index is 1.45. The molecule has 43 heavy (non-hydrogen) atoms. The second kappa shape index (κ2) is 13.5. The van der Waals surface area contributed by atoms with Crippen molar-refractivity contribution >= 4 is 36.4 Å². The molecule has 4 N–H and O–H groups in total.